The van der Waals surface area contributed by atoms with E-state index in [1.54, 1.807) is 5.49 Å². The monoisotopic (exact) mass is 150 g/mol. The zero-order valence-corrected chi connectivity index (χ0v) is 6.56. The van der Waals surface area contributed by atoms with E-state index in [-0.39, 0.29) is 0 Å². The zero-order valence-electron chi connectivity index (χ0n) is 5.74. The minimum Gasteiger partial charge on any atom is -0.341 e. The molecular weight excluding hydrogens is 142 g/mol. The Morgan fingerprint density at radius 1 is 1.60 bits per heavy atom. The number of nitrogens with zero attached hydrogens (tertiary/aromatic N) is 1. The first-order chi connectivity index (χ1) is 4.84. The molecule has 51 valence electrons. The molecule has 1 radical (unpaired) electrons. The molecule has 0 aliphatic carbocycles. The molecule has 0 atom stereocenters. The van der Waals surface area contributed by atoms with Gasteiger partial charge in [0.2, 0.25) is 0 Å². The standard InChI is InChI=1S/C8H8NS/c1-9(7-10)8-5-3-2-4-6-8/h2-5,7H,1H3. The summed E-state index contributed by atoms with van der Waals surface area (Å²) in [5.41, 5.74) is 2.59. The van der Waals surface area contributed by atoms with Gasteiger partial charge in [-0.15, -0.1) is 0 Å². The van der Waals surface area contributed by atoms with Crippen molar-refractivity contribution in [1.29, 1.82) is 0 Å². The van der Waals surface area contributed by atoms with Gasteiger partial charge < -0.3 is 4.90 Å². The number of rotatable bonds is 2. The van der Waals surface area contributed by atoms with Crippen LogP contribution in [0.5, 0.6) is 0 Å². The SMILES string of the molecule is CN(C=S)c1[c]cccc1. The minimum absolute atomic E-state index is 0.998. The van der Waals surface area contributed by atoms with Gasteiger partial charge in [0.05, 0.1) is 5.49 Å². The Morgan fingerprint density at radius 3 is 2.90 bits per heavy atom. The molecule has 10 heavy (non-hydrogen) atoms. The molecule has 0 aliphatic heterocycles. The summed E-state index contributed by atoms with van der Waals surface area (Å²) < 4.78 is 0. The van der Waals surface area contributed by atoms with Crippen LogP contribution in [0.25, 0.3) is 0 Å². The second kappa shape index (κ2) is 3.32. The van der Waals surface area contributed by atoms with E-state index in [0.29, 0.717) is 0 Å². The zero-order chi connectivity index (χ0) is 7.40. The Kier molecular flexibility index (Phi) is 2.40. The van der Waals surface area contributed by atoms with Crippen LogP contribution in [-0.2, 0) is 0 Å². The molecule has 1 aromatic carbocycles. The lowest BCUT2D eigenvalue weighted by atomic mass is 10.3. The van der Waals surface area contributed by atoms with Gasteiger partial charge in [0.15, 0.2) is 0 Å². The lowest BCUT2D eigenvalue weighted by Gasteiger charge is -2.10. The Bertz CT molecular complexity index is 208. The van der Waals surface area contributed by atoms with Gasteiger partial charge in [0, 0.05) is 18.8 Å². The molecule has 0 spiro atoms. The average molecular weight is 150 g/mol. The molecule has 0 saturated carbocycles. The summed E-state index contributed by atoms with van der Waals surface area (Å²) in [4.78, 5) is 1.84. The third kappa shape index (κ3) is 1.54. The van der Waals surface area contributed by atoms with Crippen molar-refractivity contribution in [2.45, 2.75) is 0 Å². The van der Waals surface area contributed by atoms with E-state index >= 15 is 0 Å². The quantitative estimate of drug-likeness (QED) is 0.592. The molecule has 0 heterocycles. The van der Waals surface area contributed by atoms with Crippen molar-refractivity contribution in [2.24, 2.45) is 0 Å². The molecule has 0 N–H and O–H groups in total. The fourth-order valence-electron chi connectivity index (χ4n) is 0.660. The first kappa shape index (κ1) is 7.22. The topological polar surface area (TPSA) is 3.24 Å². The summed E-state index contributed by atoms with van der Waals surface area (Å²) in [5.74, 6) is 0. The van der Waals surface area contributed by atoms with E-state index in [1.807, 2.05) is 36.2 Å². The Balaban J connectivity index is 2.84. The number of hydrogen-bond donors (Lipinski definition) is 0. The molecule has 2 heteroatoms. The summed E-state index contributed by atoms with van der Waals surface area (Å²) in [5, 5.41) is 0. The summed E-state index contributed by atoms with van der Waals surface area (Å²) in [6, 6.07) is 10.8. The second-order valence-corrected chi connectivity index (χ2v) is 2.17. The van der Waals surface area contributed by atoms with E-state index in [2.05, 4.69) is 6.07 Å². The summed E-state index contributed by atoms with van der Waals surface area (Å²) in [6.45, 7) is 0. The predicted molar refractivity (Wildman–Crippen MR) is 47.3 cm³/mol. The smallest absolute Gasteiger partial charge is 0.0682 e. The van der Waals surface area contributed by atoms with Crippen molar-refractivity contribution >= 4 is 23.4 Å². The van der Waals surface area contributed by atoms with Crippen molar-refractivity contribution in [3.63, 3.8) is 0 Å². The van der Waals surface area contributed by atoms with Crippen LogP contribution in [0, 0.1) is 6.07 Å². The Hall–Kier alpha value is -0.890. The van der Waals surface area contributed by atoms with Crippen LogP contribution in [0.2, 0.25) is 0 Å². The van der Waals surface area contributed by atoms with E-state index in [4.69, 9.17) is 12.2 Å². The molecule has 0 aromatic heterocycles. The minimum atomic E-state index is 0.998. The van der Waals surface area contributed by atoms with Gasteiger partial charge in [0.25, 0.3) is 0 Å². The normalized spacial score (nSPS) is 8.90. The van der Waals surface area contributed by atoms with Crippen LogP contribution in [0.15, 0.2) is 24.3 Å². The predicted octanol–water partition coefficient (Wildman–Crippen LogP) is 1.88. The van der Waals surface area contributed by atoms with Gasteiger partial charge in [-0.05, 0) is 6.07 Å². The van der Waals surface area contributed by atoms with Crippen LogP contribution < -0.4 is 4.90 Å². The van der Waals surface area contributed by atoms with E-state index in [0.717, 1.165) is 5.69 Å². The highest BCUT2D eigenvalue weighted by molar-refractivity contribution is 7.79. The number of hydrogen-bond acceptors (Lipinski definition) is 1. The first-order valence-corrected chi connectivity index (χ1v) is 3.46. The largest absolute Gasteiger partial charge is 0.341 e. The molecule has 1 nitrogen and oxygen atoms in total. The lowest BCUT2D eigenvalue weighted by molar-refractivity contribution is 1.31. The number of para-hydroxylation sites is 1. The summed E-state index contributed by atoms with van der Waals surface area (Å²) >= 11 is 4.74. The second-order valence-electron chi connectivity index (χ2n) is 1.96. The highest BCUT2D eigenvalue weighted by Gasteiger charge is 1.91. The first-order valence-electron chi connectivity index (χ1n) is 2.99. The molecule has 0 saturated heterocycles. The fourth-order valence-corrected chi connectivity index (χ4v) is 0.774. The van der Waals surface area contributed by atoms with Gasteiger partial charge >= 0.3 is 0 Å². The van der Waals surface area contributed by atoms with Crippen LogP contribution in [0.3, 0.4) is 0 Å². The third-order valence-corrected chi connectivity index (χ3v) is 1.55. The molecule has 0 fully saturated rings. The van der Waals surface area contributed by atoms with Crippen LogP contribution in [0.4, 0.5) is 5.69 Å². The Labute approximate surface area is 66.3 Å². The molecule has 0 bridgehead atoms. The number of benzene rings is 1. The highest BCUT2D eigenvalue weighted by Crippen LogP contribution is 2.07. The molecule has 1 rings (SSSR count). The van der Waals surface area contributed by atoms with Crippen LogP contribution in [-0.4, -0.2) is 12.5 Å². The van der Waals surface area contributed by atoms with E-state index in [9.17, 15) is 0 Å². The maximum Gasteiger partial charge on any atom is 0.0682 e. The fraction of sp³-hybridized carbons (Fsp3) is 0.125. The van der Waals surface area contributed by atoms with Crippen LogP contribution in [0.1, 0.15) is 0 Å². The van der Waals surface area contributed by atoms with Crippen molar-refractivity contribution in [2.75, 3.05) is 11.9 Å². The van der Waals surface area contributed by atoms with Crippen molar-refractivity contribution in [3.05, 3.63) is 30.3 Å². The third-order valence-electron chi connectivity index (χ3n) is 1.23. The average Bonchev–Trinajstić information content (AvgIpc) is 2.05. The number of thiocarbonyl (C=S) groups is 1. The van der Waals surface area contributed by atoms with Crippen molar-refractivity contribution in [3.8, 4) is 0 Å². The maximum absolute atomic E-state index is 4.74. The van der Waals surface area contributed by atoms with Gasteiger partial charge in [-0.25, -0.2) is 0 Å². The summed E-state index contributed by atoms with van der Waals surface area (Å²) in [6.07, 6.45) is 0. The molecule has 0 amide bonds. The molecular formula is C8H8NS. The maximum atomic E-state index is 4.74. The van der Waals surface area contributed by atoms with Gasteiger partial charge in [-0.3, -0.25) is 0 Å². The van der Waals surface area contributed by atoms with Crippen molar-refractivity contribution < 1.29 is 0 Å². The van der Waals surface area contributed by atoms with Crippen molar-refractivity contribution in [1.82, 2.24) is 0 Å². The molecule has 0 aliphatic rings. The molecule has 1 aromatic rings. The van der Waals surface area contributed by atoms with Gasteiger partial charge in [-0.2, -0.15) is 0 Å². The highest BCUT2D eigenvalue weighted by atomic mass is 32.1. The van der Waals surface area contributed by atoms with E-state index in [1.165, 1.54) is 0 Å². The molecule has 0 unspecified atom stereocenters. The van der Waals surface area contributed by atoms with Crippen LogP contribution >= 0.6 is 12.2 Å². The van der Waals surface area contributed by atoms with Gasteiger partial charge in [0.1, 0.15) is 0 Å². The summed E-state index contributed by atoms with van der Waals surface area (Å²) in [7, 11) is 1.90. The Morgan fingerprint density at radius 2 is 2.40 bits per heavy atom. The van der Waals surface area contributed by atoms with E-state index < -0.39 is 0 Å². The lowest BCUT2D eigenvalue weighted by Crippen LogP contribution is -2.11. The number of anilines is 1. The van der Waals surface area contributed by atoms with Gasteiger partial charge in [-0.1, -0.05) is 30.4 Å².